The van der Waals surface area contributed by atoms with Crippen molar-refractivity contribution in [1.82, 2.24) is 9.97 Å². The molecule has 7 nitrogen and oxygen atoms in total. The van der Waals surface area contributed by atoms with Gasteiger partial charge in [-0.05, 0) is 37.1 Å². The van der Waals surface area contributed by atoms with E-state index in [2.05, 4.69) is 20.6 Å². The van der Waals surface area contributed by atoms with Crippen LogP contribution in [0.1, 0.15) is 36.0 Å². The molecular formula is C21H24N6OS. The zero-order chi connectivity index (χ0) is 20.2. The molecule has 0 aliphatic heterocycles. The second kappa shape index (κ2) is 8.59. The summed E-state index contributed by atoms with van der Waals surface area (Å²) in [5.41, 5.74) is 13.9. The largest absolute Gasteiger partial charge is 0.366 e. The molecule has 1 aromatic carbocycles. The number of nitrogens with one attached hydrogen (secondary N) is 2. The van der Waals surface area contributed by atoms with Gasteiger partial charge in [0.15, 0.2) is 0 Å². The van der Waals surface area contributed by atoms with Crippen molar-refractivity contribution in [2.45, 2.75) is 37.8 Å². The Morgan fingerprint density at radius 3 is 2.79 bits per heavy atom. The van der Waals surface area contributed by atoms with Gasteiger partial charge in [0.25, 0.3) is 5.91 Å². The van der Waals surface area contributed by atoms with E-state index in [1.165, 1.54) is 0 Å². The highest BCUT2D eigenvalue weighted by Crippen LogP contribution is 2.28. The molecule has 29 heavy (non-hydrogen) atoms. The van der Waals surface area contributed by atoms with Crippen molar-refractivity contribution in [2.24, 2.45) is 11.5 Å². The summed E-state index contributed by atoms with van der Waals surface area (Å²) >= 11 is 1.57. The first kappa shape index (κ1) is 19.4. The quantitative estimate of drug-likeness (QED) is 0.493. The third-order valence-corrected chi connectivity index (χ3v) is 5.94. The number of nitrogens with zero attached hydrogens (tertiary/aromatic N) is 2. The fraction of sp³-hybridized carbons (Fsp3) is 0.286. The Morgan fingerprint density at radius 2 is 2.03 bits per heavy atom. The number of nitrogens with two attached hydrogens (primary N) is 2. The maximum absolute atomic E-state index is 11.9. The first-order valence-electron chi connectivity index (χ1n) is 9.70. The van der Waals surface area contributed by atoms with Crippen molar-refractivity contribution in [3.05, 3.63) is 53.5 Å². The van der Waals surface area contributed by atoms with Crippen LogP contribution in [0, 0.1) is 0 Å². The Morgan fingerprint density at radius 1 is 1.17 bits per heavy atom. The number of pyridine rings is 1. The van der Waals surface area contributed by atoms with Gasteiger partial charge in [-0.2, -0.15) is 0 Å². The number of hydrogen-bond acceptors (Lipinski definition) is 7. The molecule has 4 rings (SSSR count). The minimum atomic E-state index is -0.531. The Kier molecular flexibility index (Phi) is 5.73. The highest BCUT2D eigenvalue weighted by atomic mass is 32.1. The maximum atomic E-state index is 11.9. The van der Waals surface area contributed by atoms with Gasteiger partial charge in [0, 0.05) is 34.9 Å². The Labute approximate surface area is 173 Å². The van der Waals surface area contributed by atoms with Crippen molar-refractivity contribution < 1.29 is 4.79 Å². The second-order valence-corrected chi connectivity index (χ2v) is 8.09. The minimum absolute atomic E-state index is 0.104. The van der Waals surface area contributed by atoms with Gasteiger partial charge in [0.1, 0.15) is 16.6 Å². The molecule has 1 fully saturated rings. The van der Waals surface area contributed by atoms with Crippen LogP contribution in [-0.4, -0.2) is 28.0 Å². The first-order chi connectivity index (χ1) is 14.1. The molecule has 0 saturated heterocycles. The lowest BCUT2D eigenvalue weighted by Gasteiger charge is -2.29. The van der Waals surface area contributed by atoms with E-state index in [0.29, 0.717) is 17.2 Å². The number of rotatable bonds is 6. The van der Waals surface area contributed by atoms with Crippen LogP contribution in [0.4, 0.5) is 17.3 Å². The molecule has 2 aromatic heterocycles. The zero-order valence-electron chi connectivity index (χ0n) is 16.0. The summed E-state index contributed by atoms with van der Waals surface area (Å²) < 4.78 is 0. The summed E-state index contributed by atoms with van der Waals surface area (Å²) in [6.45, 7) is 0. The summed E-state index contributed by atoms with van der Waals surface area (Å²) in [4.78, 5) is 20.9. The fourth-order valence-corrected chi connectivity index (χ4v) is 4.23. The van der Waals surface area contributed by atoms with E-state index in [0.717, 1.165) is 41.9 Å². The summed E-state index contributed by atoms with van der Waals surface area (Å²) in [5.74, 6) is 0.566. The Hall–Kier alpha value is -2.97. The molecule has 0 spiro atoms. The van der Waals surface area contributed by atoms with E-state index >= 15 is 0 Å². The number of carbonyl (C=O) groups excluding carboxylic acids is 1. The van der Waals surface area contributed by atoms with E-state index in [1.807, 2.05) is 29.6 Å². The normalized spacial score (nSPS) is 18.9. The van der Waals surface area contributed by atoms with Gasteiger partial charge in [-0.1, -0.05) is 25.0 Å². The van der Waals surface area contributed by atoms with Crippen molar-refractivity contribution in [2.75, 3.05) is 10.6 Å². The molecule has 150 valence electrons. The lowest BCUT2D eigenvalue weighted by Crippen LogP contribution is -2.42. The van der Waals surface area contributed by atoms with Crippen LogP contribution in [-0.2, 0) is 0 Å². The zero-order valence-corrected chi connectivity index (χ0v) is 16.8. The fourth-order valence-electron chi connectivity index (χ4n) is 3.60. The number of benzene rings is 1. The van der Waals surface area contributed by atoms with Gasteiger partial charge < -0.3 is 22.1 Å². The maximum Gasteiger partial charge on any atom is 0.252 e. The van der Waals surface area contributed by atoms with Crippen LogP contribution < -0.4 is 22.1 Å². The monoisotopic (exact) mass is 408 g/mol. The van der Waals surface area contributed by atoms with Crippen LogP contribution in [0.3, 0.4) is 0 Å². The molecule has 2 atom stereocenters. The SMILES string of the molecule is NC(=O)c1ccc(N[C@@H]2CCCC[C@@H]2N)nc1Nc1cccc(-c2nccs2)c1. The molecule has 1 aliphatic carbocycles. The lowest BCUT2D eigenvalue weighted by atomic mass is 9.91. The number of primary amides is 1. The van der Waals surface area contributed by atoms with E-state index in [9.17, 15) is 4.79 Å². The second-order valence-electron chi connectivity index (χ2n) is 7.20. The highest BCUT2D eigenvalue weighted by molar-refractivity contribution is 7.13. The van der Waals surface area contributed by atoms with Crippen LogP contribution in [0.15, 0.2) is 48.0 Å². The number of thiazole rings is 1. The van der Waals surface area contributed by atoms with E-state index in [4.69, 9.17) is 11.5 Å². The van der Waals surface area contributed by atoms with Gasteiger partial charge in [-0.3, -0.25) is 4.79 Å². The number of amides is 1. The average molecular weight is 409 g/mol. The molecule has 0 bridgehead atoms. The van der Waals surface area contributed by atoms with Crippen LogP contribution in [0.2, 0.25) is 0 Å². The molecule has 1 aliphatic rings. The van der Waals surface area contributed by atoms with Gasteiger partial charge in [-0.25, -0.2) is 9.97 Å². The molecular weight excluding hydrogens is 384 g/mol. The number of carbonyl (C=O) groups is 1. The lowest BCUT2D eigenvalue weighted by molar-refractivity contribution is 0.100. The van der Waals surface area contributed by atoms with Gasteiger partial charge in [0.05, 0.1) is 5.56 Å². The summed E-state index contributed by atoms with van der Waals surface area (Å²) in [5, 5.41) is 9.53. The smallest absolute Gasteiger partial charge is 0.252 e. The number of anilines is 3. The highest BCUT2D eigenvalue weighted by Gasteiger charge is 2.22. The van der Waals surface area contributed by atoms with Crippen LogP contribution in [0.25, 0.3) is 10.6 Å². The van der Waals surface area contributed by atoms with E-state index in [1.54, 1.807) is 29.7 Å². The van der Waals surface area contributed by atoms with Gasteiger partial charge in [0.2, 0.25) is 0 Å². The van der Waals surface area contributed by atoms with Crippen molar-refractivity contribution in [3.8, 4) is 10.6 Å². The topological polar surface area (TPSA) is 119 Å². The predicted octanol–water partition coefficient (Wildman–Crippen LogP) is 3.73. The molecule has 0 unspecified atom stereocenters. The number of hydrogen-bond donors (Lipinski definition) is 4. The predicted molar refractivity (Wildman–Crippen MR) is 117 cm³/mol. The third-order valence-electron chi connectivity index (χ3n) is 5.12. The summed E-state index contributed by atoms with van der Waals surface area (Å²) in [6.07, 6.45) is 6.11. The Balaban J connectivity index is 1.60. The molecule has 1 saturated carbocycles. The first-order valence-corrected chi connectivity index (χ1v) is 10.6. The van der Waals surface area contributed by atoms with Gasteiger partial charge >= 0.3 is 0 Å². The van der Waals surface area contributed by atoms with Crippen molar-refractivity contribution in [3.63, 3.8) is 0 Å². The van der Waals surface area contributed by atoms with E-state index < -0.39 is 5.91 Å². The summed E-state index contributed by atoms with van der Waals surface area (Å²) in [6, 6.07) is 11.6. The van der Waals surface area contributed by atoms with Gasteiger partial charge in [-0.15, -0.1) is 11.3 Å². The molecule has 3 aromatic rings. The molecule has 8 heteroatoms. The van der Waals surface area contributed by atoms with Crippen LogP contribution in [0.5, 0.6) is 0 Å². The Bertz CT molecular complexity index is 991. The van der Waals surface area contributed by atoms with Crippen LogP contribution >= 0.6 is 11.3 Å². The molecule has 0 radical (unpaired) electrons. The number of aromatic nitrogens is 2. The minimum Gasteiger partial charge on any atom is -0.366 e. The average Bonchev–Trinajstić information content (AvgIpc) is 3.25. The van der Waals surface area contributed by atoms with Crippen molar-refractivity contribution in [1.29, 1.82) is 0 Å². The van der Waals surface area contributed by atoms with E-state index in [-0.39, 0.29) is 12.1 Å². The molecule has 2 heterocycles. The molecule has 1 amide bonds. The standard InChI is InChI=1S/C21H24N6OS/c22-16-6-1-2-7-17(16)26-18-9-8-15(19(23)28)20(27-18)25-14-5-3-4-13(12-14)21-24-10-11-29-21/h3-5,8-12,16-17H,1-2,6-7,22H2,(H2,23,28)(H2,25,26,27)/t16-,17+/m0/s1. The summed E-state index contributed by atoms with van der Waals surface area (Å²) in [7, 11) is 0. The van der Waals surface area contributed by atoms with Crippen molar-refractivity contribution >= 4 is 34.6 Å². The molecule has 6 N–H and O–H groups in total. The third kappa shape index (κ3) is 4.55.